The lowest BCUT2D eigenvalue weighted by Gasteiger charge is -2.57. The van der Waals surface area contributed by atoms with Gasteiger partial charge in [-0.25, -0.2) is 0 Å². The van der Waals surface area contributed by atoms with Gasteiger partial charge in [0.1, 0.15) is 24.2 Å². The van der Waals surface area contributed by atoms with Crippen LogP contribution < -0.4 is 9.16 Å². The summed E-state index contributed by atoms with van der Waals surface area (Å²) in [6.07, 6.45) is 7.42. The number of likely N-dealkylation sites (N-methyl/N-ethyl adjacent to an activating group) is 1. The van der Waals surface area contributed by atoms with Crippen LogP contribution in [0.15, 0.2) is 18.2 Å². The summed E-state index contributed by atoms with van der Waals surface area (Å²) in [4.78, 5) is 15.0. The number of likely N-dealkylation sites (tertiary alicyclic amines) is 1. The van der Waals surface area contributed by atoms with Crippen molar-refractivity contribution in [3.05, 3.63) is 34.9 Å². The molecule has 0 saturated carbocycles. The number of aldehydes is 1. The molecule has 1 saturated heterocycles. The Morgan fingerprint density at radius 3 is 2.30 bits per heavy atom. The molecule has 0 unspecified atom stereocenters. The van der Waals surface area contributed by atoms with Crippen LogP contribution in [0.3, 0.4) is 0 Å². The summed E-state index contributed by atoms with van der Waals surface area (Å²) < 4.78 is 21.1. The maximum Gasteiger partial charge on any atom is 0.250 e. The highest BCUT2D eigenvalue weighted by molar-refractivity contribution is 6.75. The van der Waals surface area contributed by atoms with Crippen LogP contribution in [-0.2, 0) is 16.3 Å². The molecule has 0 N–H and O–H groups in total. The summed E-state index contributed by atoms with van der Waals surface area (Å²) in [6, 6.07) is 2.33. The van der Waals surface area contributed by atoms with E-state index < -0.39 is 16.6 Å². The molecule has 1 fully saturated rings. The zero-order valence-corrected chi connectivity index (χ0v) is 26.8. The van der Waals surface area contributed by atoms with Crippen molar-refractivity contribution in [3.63, 3.8) is 0 Å². The van der Waals surface area contributed by atoms with Gasteiger partial charge in [0.25, 0.3) is 8.32 Å². The Morgan fingerprint density at radius 1 is 1.05 bits per heavy atom. The fourth-order valence-corrected chi connectivity index (χ4v) is 8.79. The number of nitrogens with zero attached hydrogens (tertiary/aromatic N) is 1. The Morgan fingerprint density at radius 2 is 1.70 bits per heavy atom. The average Bonchev–Trinajstić information content (AvgIpc) is 3.11. The normalized spacial score (nSPS) is 31.1. The number of benzene rings is 1. The molecule has 5 rings (SSSR count). The second kappa shape index (κ2) is 8.29. The lowest BCUT2D eigenvalue weighted by Crippen LogP contribution is -2.66. The lowest BCUT2D eigenvalue weighted by atomic mass is 9.53. The highest BCUT2D eigenvalue weighted by atomic mass is 28.4. The van der Waals surface area contributed by atoms with Gasteiger partial charge in [-0.15, -0.1) is 0 Å². The van der Waals surface area contributed by atoms with Crippen LogP contribution in [0.1, 0.15) is 69.4 Å². The largest absolute Gasteiger partial charge is 0.541 e. The van der Waals surface area contributed by atoms with Crippen molar-refractivity contribution in [1.82, 2.24) is 4.90 Å². The van der Waals surface area contributed by atoms with Crippen LogP contribution >= 0.6 is 0 Å². The van der Waals surface area contributed by atoms with Gasteiger partial charge in [-0.2, -0.15) is 0 Å². The minimum absolute atomic E-state index is 0.0390. The highest BCUT2D eigenvalue weighted by Gasteiger charge is 2.65. The Labute approximate surface area is 226 Å². The van der Waals surface area contributed by atoms with Crippen LogP contribution in [0, 0.1) is 5.92 Å². The van der Waals surface area contributed by atoms with Crippen molar-refractivity contribution < 1.29 is 18.4 Å². The number of hydrogen-bond acceptors (Lipinski definition) is 5. The van der Waals surface area contributed by atoms with Gasteiger partial charge in [0.05, 0.1) is 0 Å². The number of ether oxygens (including phenoxy) is 1. The summed E-state index contributed by atoms with van der Waals surface area (Å²) in [7, 11) is -1.97. The third-order valence-electron chi connectivity index (χ3n) is 10.8. The van der Waals surface area contributed by atoms with Gasteiger partial charge < -0.3 is 18.5 Å². The van der Waals surface area contributed by atoms with Gasteiger partial charge in [-0.3, -0.25) is 4.79 Å². The SMILES string of the molecule is CN1CC[C@]23c4c5c(C=O)cc(O[Si](C)(C)C(C)(C)C)c4O[C@H]2[C@@H](O[Si](C)(C)C(C)(C)C)C=C[C@H]3[C@H]1C5. The molecule has 204 valence electrons. The molecule has 2 aliphatic heterocycles. The van der Waals surface area contributed by atoms with E-state index in [1.165, 1.54) is 11.1 Å². The molecule has 2 heterocycles. The van der Waals surface area contributed by atoms with Crippen molar-refractivity contribution in [2.45, 2.75) is 114 Å². The molecule has 5 atom stereocenters. The fraction of sp³-hybridized carbons (Fsp3) is 0.700. The predicted molar refractivity (Wildman–Crippen MR) is 155 cm³/mol. The first kappa shape index (κ1) is 27.2. The van der Waals surface area contributed by atoms with E-state index in [9.17, 15) is 4.79 Å². The lowest BCUT2D eigenvalue weighted by molar-refractivity contribution is -0.0415. The monoisotopic (exact) mass is 541 g/mol. The van der Waals surface area contributed by atoms with Gasteiger partial charge in [0.2, 0.25) is 0 Å². The minimum atomic E-state index is -2.16. The Balaban J connectivity index is 1.69. The molecule has 2 bridgehead atoms. The van der Waals surface area contributed by atoms with E-state index in [1.54, 1.807) is 0 Å². The summed E-state index contributed by atoms with van der Waals surface area (Å²) in [5.41, 5.74) is 3.00. The topological polar surface area (TPSA) is 48.0 Å². The molecule has 0 amide bonds. The Hall–Kier alpha value is -1.42. The molecule has 1 spiro atoms. The van der Waals surface area contributed by atoms with Gasteiger partial charge in [-0.1, -0.05) is 53.7 Å². The van der Waals surface area contributed by atoms with Gasteiger partial charge in [-0.05, 0) is 74.3 Å². The maximum atomic E-state index is 12.5. The van der Waals surface area contributed by atoms with E-state index in [0.717, 1.165) is 42.7 Å². The van der Waals surface area contributed by atoms with E-state index in [1.807, 2.05) is 6.07 Å². The zero-order chi connectivity index (χ0) is 27.3. The number of hydrogen-bond donors (Lipinski definition) is 0. The fourth-order valence-electron chi connectivity index (χ4n) is 6.55. The minimum Gasteiger partial charge on any atom is -0.541 e. The van der Waals surface area contributed by atoms with Crippen LogP contribution in [0.2, 0.25) is 36.3 Å². The third-order valence-corrected chi connectivity index (χ3v) is 19.6. The molecule has 7 heteroatoms. The van der Waals surface area contributed by atoms with E-state index in [2.05, 4.69) is 91.8 Å². The average molecular weight is 542 g/mol. The highest BCUT2D eigenvalue weighted by Crippen LogP contribution is 2.64. The number of carbonyl (C=O) groups is 1. The maximum absolute atomic E-state index is 12.5. The van der Waals surface area contributed by atoms with Crippen LogP contribution in [0.5, 0.6) is 11.5 Å². The first-order chi connectivity index (χ1) is 16.9. The predicted octanol–water partition coefficient (Wildman–Crippen LogP) is 6.72. The summed E-state index contributed by atoms with van der Waals surface area (Å²) >= 11 is 0. The molecule has 4 aliphatic rings. The van der Waals surface area contributed by atoms with Crippen molar-refractivity contribution in [2.24, 2.45) is 5.92 Å². The molecule has 1 aromatic carbocycles. The van der Waals surface area contributed by atoms with Gasteiger partial charge >= 0.3 is 0 Å². The third kappa shape index (κ3) is 3.86. The number of carbonyl (C=O) groups excluding carboxylic acids is 1. The van der Waals surface area contributed by atoms with Crippen molar-refractivity contribution in [1.29, 1.82) is 0 Å². The van der Waals surface area contributed by atoms with E-state index in [-0.39, 0.29) is 27.7 Å². The molecular formula is C30H47NO4Si2. The van der Waals surface area contributed by atoms with Crippen LogP contribution in [0.4, 0.5) is 0 Å². The second-order valence-electron chi connectivity index (χ2n) is 15.0. The van der Waals surface area contributed by atoms with E-state index >= 15 is 0 Å². The van der Waals surface area contributed by atoms with Crippen molar-refractivity contribution in [3.8, 4) is 11.5 Å². The standard InChI is InChI=1S/C30H47NO4Si2/c1-28(2,3)36(8,9)34-23-13-12-21-22-17-20-19(18-32)16-24(35-37(10,11)29(4,5)6)26-25(20)30(21,27(23)33-26)14-15-31(22)7/h12-13,16,18,21-23,27H,14-15,17H2,1-11H3/t21-,22+,23-,27-,30-/m0/s1. The van der Waals surface area contributed by atoms with Gasteiger partial charge in [0.15, 0.2) is 14.1 Å². The number of rotatable bonds is 5. The van der Waals surface area contributed by atoms with Crippen molar-refractivity contribution >= 4 is 22.9 Å². The quantitative estimate of drug-likeness (QED) is 0.235. The van der Waals surface area contributed by atoms with Crippen LogP contribution in [-0.4, -0.2) is 59.7 Å². The zero-order valence-electron chi connectivity index (χ0n) is 24.8. The molecular weight excluding hydrogens is 495 g/mol. The molecule has 1 aromatic rings. The smallest absolute Gasteiger partial charge is 0.250 e. The summed E-state index contributed by atoms with van der Waals surface area (Å²) in [5.74, 6) is 1.99. The molecule has 0 aromatic heterocycles. The summed E-state index contributed by atoms with van der Waals surface area (Å²) in [6.45, 7) is 23.8. The van der Waals surface area contributed by atoms with Gasteiger partial charge in [0, 0.05) is 28.5 Å². The first-order valence-electron chi connectivity index (χ1n) is 14.0. The number of piperidine rings is 1. The Bertz CT molecular complexity index is 1150. The van der Waals surface area contributed by atoms with Crippen LogP contribution in [0.25, 0.3) is 0 Å². The molecule has 0 radical (unpaired) electrons. The van der Waals surface area contributed by atoms with E-state index in [4.69, 9.17) is 13.6 Å². The second-order valence-corrected chi connectivity index (χ2v) is 24.4. The van der Waals surface area contributed by atoms with E-state index in [0.29, 0.717) is 12.0 Å². The first-order valence-corrected chi connectivity index (χ1v) is 19.8. The molecule has 5 nitrogen and oxygen atoms in total. The molecule has 37 heavy (non-hydrogen) atoms. The summed E-state index contributed by atoms with van der Waals surface area (Å²) in [5, 5.41) is 0.145. The molecule has 2 aliphatic carbocycles. The van der Waals surface area contributed by atoms with Crippen molar-refractivity contribution in [2.75, 3.05) is 13.6 Å². The Kier molecular flexibility index (Phi) is 6.09.